The van der Waals surface area contributed by atoms with Crippen molar-refractivity contribution in [1.29, 1.82) is 0 Å². The van der Waals surface area contributed by atoms with Gasteiger partial charge in [0.15, 0.2) is 0 Å². The number of halogens is 1. The van der Waals surface area contributed by atoms with E-state index in [1.54, 1.807) is 36.7 Å². The maximum atomic E-state index is 13.4. The second-order valence-corrected chi connectivity index (χ2v) is 7.28. The molecule has 1 heterocycles. The quantitative estimate of drug-likeness (QED) is 0.818. The monoisotopic (exact) mass is 328 g/mol. The van der Waals surface area contributed by atoms with E-state index in [4.69, 9.17) is 0 Å². The highest BCUT2D eigenvalue weighted by atomic mass is 32.2. The topological polar surface area (TPSA) is 58.2 Å². The lowest BCUT2D eigenvalue weighted by Gasteiger charge is -2.06. The maximum Gasteiger partial charge on any atom is 0.241 e. The summed E-state index contributed by atoms with van der Waals surface area (Å²) >= 11 is 1.39. The third-order valence-electron chi connectivity index (χ3n) is 2.94. The summed E-state index contributed by atoms with van der Waals surface area (Å²) in [4.78, 5) is 1.21. The third-order valence-corrected chi connectivity index (χ3v) is 5.46. The number of sulfonamides is 1. The highest BCUT2D eigenvalue weighted by Gasteiger charge is 2.15. The molecule has 2 N–H and O–H groups in total. The first-order valence-corrected chi connectivity index (χ1v) is 8.84. The molecule has 0 aliphatic rings. The Morgan fingerprint density at radius 3 is 2.76 bits per heavy atom. The summed E-state index contributed by atoms with van der Waals surface area (Å²) in [6.45, 7) is 0.801. The summed E-state index contributed by atoms with van der Waals surface area (Å²) < 4.78 is 40.1. The number of thiophene rings is 1. The largest absolute Gasteiger partial charge is 0.315 e. The predicted molar refractivity (Wildman–Crippen MR) is 82.4 cm³/mol. The molecule has 0 fully saturated rings. The summed E-state index contributed by atoms with van der Waals surface area (Å²) in [7, 11) is -1.72. The van der Waals surface area contributed by atoms with Crippen molar-refractivity contribution in [2.24, 2.45) is 0 Å². The van der Waals surface area contributed by atoms with Gasteiger partial charge >= 0.3 is 0 Å². The molecule has 21 heavy (non-hydrogen) atoms. The molecule has 7 heteroatoms. The van der Waals surface area contributed by atoms with Crippen molar-refractivity contribution in [3.05, 3.63) is 52.0 Å². The fourth-order valence-corrected chi connectivity index (χ4v) is 4.19. The second kappa shape index (κ2) is 7.13. The average Bonchev–Trinajstić information content (AvgIpc) is 2.91. The summed E-state index contributed by atoms with van der Waals surface area (Å²) in [5.41, 5.74) is 0.501. The zero-order valence-electron chi connectivity index (χ0n) is 11.6. The zero-order chi connectivity index (χ0) is 15.3. The summed E-state index contributed by atoms with van der Waals surface area (Å²) in [5.74, 6) is -0.316. The number of hydrogen-bond acceptors (Lipinski definition) is 4. The van der Waals surface area contributed by atoms with Crippen molar-refractivity contribution in [1.82, 2.24) is 10.0 Å². The summed E-state index contributed by atoms with van der Waals surface area (Å²) in [6, 6.07) is 8.01. The first kappa shape index (κ1) is 16.1. The molecule has 0 atom stereocenters. The van der Waals surface area contributed by atoms with Crippen molar-refractivity contribution < 1.29 is 12.8 Å². The lowest BCUT2D eigenvalue weighted by atomic mass is 10.1. The van der Waals surface area contributed by atoms with E-state index in [1.807, 2.05) is 0 Å². The summed E-state index contributed by atoms with van der Waals surface area (Å²) in [5, 5.41) is 4.58. The van der Waals surface area contributed by atoms with E-state index in [1.165, 1.54) is 17.4 Å². The van der Waals surface area contributed by atoms with Crippen LogP contribution in [0.1, 0.15) is 10.4 Å². The second-order valence-electron chi connectivity index (χ2n) is 4.52. The molecule has 2 rings (SSSR count). The Labute approximate surface area is 128 Å². The normalized spacial score (nSPS) is 11.7. The van der Waals surface area contributed by atoms with E-state index < -0.39 is 10.0 Å². The van der Waals surface area contributed by atoms with Crippen molar-refractivity contribution >= 4 is 21.4 Å². The number of hydrogen-bond donors (Lipinski definition) is 2. The fraction of sp³-hybridized carbons (Fsp3) is 0.286. The molecule has 0 amide bonds. The molecule has 0 radical (unpaired) electrons. The molecule has 114 valence electrons. The van der Waals surface area contributed by atoms with Gasteiger partial charge < -0.3 is 5.32 Å². The smallest absolute Gasteiger partial charge is 0.241 e. The van der Waals surface area contributed by atoms with Crippen LogP contribution in [-0.4, -0.2) is 22.0 Å². The molecule has 0 bridgehead atoms. The van der Waals surface area contributed by atoms with Gasteiger partial charge in [0.25, 0.3) is 0 Å². The molecule has 0 unspecified atom stereocenters. The minimum atomic E-state index is -3.53. The van der Waals surface area contributed by atoms with Gasteiger partial charge in [-0.2, -0.15) is 0 Å². The van der Waals surface area contributed by atoms with E-state index in [2.05, 4.69) is 10.0 Å². The Hall–Kier alpha value is -1.28. The first-order valence-electron chi connectivity index (χ1n) is 6.48. The highest BCUT2D eigenvalue weighted by Crippen LogP contribution is 2.19. The third kappa shape index (κ3) is 4.34. The molecule has 0 aliphatic heterocycles. The molecule has 0 saturated heterocycles. The zero-order valence-corrected chi connectivity index (χ0v) is 13.2. The number of nitrogens with one attached hydrogen (secondary N) is 2. The van der Waals surface area contributed by atoms with Crippen molar-refractivity contribution in [2.45, 2.75) is 17.9 Å². The molecule has 1 aromatic carbocycles. The Balaban J connectivity index is 1.96. The van der Waals surface area contributed by atoms with Crippen LogP contribution >= 0.6 is 11.3 Å². The predicted octanol–water partition coefficient (Wildman–Crippen LogP) is 2.13. The number of rotatable bonds is 7. The van der Waals surface area contributed by atoms with E-state index in [9.17, 15) is 12.8 Å². The van der Waals surface area contributed by atoms with Crippen molar-refractivity contribution in [2.75, 3.05) is 13.6 Å². The Morgan fingerprint density at radius 2 is 2.05 bits per heavy atom. The Bertz CT molecular complexity index is 699. The van der Waals surface area contributed by atoms with Crippen LogP contribution in [0.25, 0.3) is 0 Å². The van der Waals surface area contributed by atoms with E-state index in [0.717, 1.165) is 4.88 Å². The van der Waals surface area contributed by atoms with Gasteiger partial charge in [0.2, 0.25) is 10.0 Å². The van der Waals surface area contributed by atoms with Crippen LogP contribution in [0.4, 0.5) is 4.39 Å². The lowest BCUT2D eigenvalue weighted by molar-refractivity contribution is 0.577. The molecule has 0 aliphatic carbocycles. The fourth-order valence-electron chi connectivity index (χ4n) is 1.87. The van der Waals surface area contributed by atoms with Crippen LogP contribution < -0.4 is 10.0 Å². The van der Waals surface area contributed by atoms with Gasteiger partial charge in [-0.1, -0.05) is 18.2 Å². The molecule has 0 spiro atoms. The summed E-state index contributed by atoms with van der Waals surface area (Å²) in [6.07, 6.45) is 0.319. The van der Waals surface area contributed by atoms with Crippen LogP contribution in [-0.2, 0) is 23.0 Å². The standard InChI is InChI=1S/C14H17FN2O2S2/c1-16-9-12-8-13(10-20-12)21(18,19)17-7-6-11-4-2-3-5-14(11)15/h2-5,8,10,16-17H,6-7,9H2,1H3. The van der Waals surface area contributed by atoms with Gasteiger partial charge in [-0.3, -0.25) is 0 Å². The van der Waals surface area contributed by atoms with Gasteiger partial charge in [0.1, 0.15) is 5.82 Å². The molecular weight excluding hydrogens is 311 g/mol. The first-order chi connectivity index (χ1) is 10.0. The van der Waals surface area contributed by atoms with Gasteiger partial charge in [0, 0.05) is 23.3 Å². The van der Waals surface area contributed by atoms with Gasteiger partial charge in [0.05, 0.1) is 4.90 Å². The SMILES string of the molecule is CNCc1cc(S(=O)(=O)NCCc2ccccc2F)cs1. The Morgan fingerprint density at radius 1 is 1.29 bits per heavy atom. The maximum absolute atomic E-state index is 13.4. The van der Waals surface area contributed by atoms with E-state index in [-0.39, 0.29) is 17.3 Å². The molecular formula is C14H17FN2O2S2. The molecule has 4 nitrogen and oxygen atoms in total. The van der Waals surface area contributed by atoms with Crippen molar-refractivity contribution in [3.63, 3.8) is 0 Å². The average molecular weight is 328 g/mol. The van der Waals surface area contributed by atoms with Crippen molar-refractivity contribution in [3.8, 4) is 0 Å². The van der Waals surface area contributed by atoms with Crippen LogP contribution in [0.3, 0.4) is 0 Å². The van der Waals surface area contributed by atoms with E-state index >= 15 is 0 Å². The van der Waals surface area contributed by atoms with Crippen LogP contribution in [0, 0.1) is 5.82 Å². The van der Waals surface area contributed by atoms with E-state index in [0.29, 0.717) is 18.5 Å². The minimum absolute atomic E-state index is 0.167. The van der Waals surface area contributed by atoms with Crippen LogP contribution in [0.15, 0.2) is 40.6 Å². The number of benzene rings is 1. The molecule has 0 saturated carbocycles. The van der Waals surface area contributed by atoms with Gasteiger partial charge in [-0.15, -0.1) is 11.3 Å². The van der Waals surface area contributed by atoms with Crippen LogP contribution in [0.2, 0.25) is 0 Å². The minimum Gasteiger partial charge on any atom is -0.315 e. The Kier molecular flexibility index (Phi) is 5.46. The molecule has 1 aromatic heterocycles. The van der Waals surface area contributed by atoms with Gasteiger partial charge in [-0.05, 0) is 31.2 Å². The van der Waals surface area contributed by atoms with Crippen LogP contribution in [0.5, 0.6) is 0 Å². The van der Waals surface area contributed by atoms with Gasteiger partial charge in [-0.25, -0.2) is 17.5 Å². The lowest BCUT2D eigenvalue weighted by Crippen LogP contribution is -2.25. The highest BCUT2D eigenvalue weighted by molar-refractivity contribution is 7.89. The molecule has 2 aromatic rings.